The highest BCUT2D eigenvalue weighted by Crippen LogP contribution is 2.18. The predicted octanol–water partition coefficient (Wildman–Crippen LogP) is 0.315. The van der Waals surface area contributed by atoms with Gasteiger partial charge in [-0.3, -0.25) is 4.79 Å². The van der Waals surface area contributed by atoms with Crippen molar-refractivity contribution in [1.29, 1.82) is 0 Å². The molecule has 3 N–H and O–H groups in total. The number of sulfonamides is 1. The predicted molar refractivity (Wildman–Crippen MR) is 88.7 cm³/mol. The number of carbonyl (C=O) groups excluding carboxylic acids is 1. The second-order valence-corrected chi connectivity index (χ2v) is 7.25. The van der Waals surface area contributed by atoms with Crippen molar-refractivity contribution in [2.24, 2.45) is 0 Å². The Morgan fingerprint density at radius 1 is 1.28 bits per heavy atom. The molecule has 0 spiro atoms. The third-order valence-electron chi connectivity index (χ3n) is 3.64. The van der Waals surface area contributed by atoms with Gasteiger partial charge in [0, 0.05) is 6.54 Å². The maximum absolute atomic E-state index is 12.9. The van der Waals surface area contributed by atoms with E-state index in [1.165, 1.54) is 0 Å². The molecule has 3 atom stereocenters. The van der Waals surface area contributed by atoms with Crippen LogP contribution in [-0.4, -0.2) is 50.8 Å². The van der Waals surface area contributed by atoms with Crippen LogP contribution in [0.5, 0.6) is 0 Å². The highest BCUT2D eigenvalue weighted by molar-refractivity contribution is 7.89. The van der Waals surface area contributed by atoms with Crippen molar-refractivity contribution in [3.63, 3.8) is 0 Å². The molecular formula is C16H21FN2O5S. The summed E-state index contributed by atoms with van der Waals surface area (Å²) in [5.41, 5.74) is 0. The molecule has 25 heavy (non-hydrogen) atoms. The van der Waals surface area contributed by atoms with E-state index in [2.05, 4.69) is 10.0 Å². The fourth-order valence-electron chi connectivity index (χ4n) is 2.42. The first-order chi connectivity index (χ1) is 11.9. The fourth-order valence-corrected chi connectivity index (χ4v) is 3.64. The van der Waals surface area contributed by atoms with Crippen molar-refractivity contribution in [1.82, 2.24) is 10.0 Å². The van der Waals surface area contributed by atoms with Crippen LogP contribution in [0.2, 0.25) is 0 Å². The Labute approximate surface area is 145 Å². The van der Waals surface area contributed by atoms with E-state index in [1.54, 1.807) is 19.1 Å². The van der Waals surface area contributed by atoms with Crippen LogP contribution >= 0.6 is 0 Å². The zero-order chi connectivity index (χ0) is 18.4. The number of nitrogens with one attached hydrogen (secondary N) is 2. The number of benzene rings is 1. The van der Waals surface area contributed by atoms with E-state index >= 15 is 0 Å². The van der Waals surface area contributed by atoms with Gasteiger partial charge in [0.05, 0.1) is 30.1 Å². The van der Waals surface area contributed by atoms with Gasteiger partial charge < -0.3 is 15.2 Å². The highest BCUT2D eigenvalue weighted by Gasteiger charge is 2.31. The number of halogens is 1. The van der Waals surface area contributed by atoms with Crippen molar-refractivity contribution < 1.29 is 27.4 Å². The molecule has 9 heteroatoms. The number of ether oxygens (including phenoxy) is 1. The normalized spacial score (nSPS) is 23.4. The molecule has 1 heterocycles. The minimum atomic E-state index is -3.91. The standard InChI is InChI=1S/C16H21FN2O5S/c1-2-18-16(21)9-12-5-8-14(15(10-20)24-12)19-25(22,23)13-6-3-11(17)4-7-13/h3-8,12,14-15,19-20H,2,9-10H2,1H3,(H,18,21)/t12-,14+,15-/m1/s1. The minimum Gasteiger partial charge on any atom is -0.394 e. The fraction of sp³-hybridized carbons (Fsp3) is 0.438. The summed E-state index contributed by atoms with van der Waals surface area (Å²) in [6, 6.07) is 3.60. The van der Waals surface area contributed by atoms with E-state index in [0.717, 1.165) is 24.3 Å². The lowest BCUT2D eigenvalue weighted by Crippen LogP contribution is -2.49. The molecule has 0 saturated heterocycles. The van der Waals surface area contributed by atoms with Gasteiger partial charge in [-0.15, -0.1) is 0 Å². The molecule has 0 unspecified atom stereocenters. The quantitative estimate of drug-likeness (QED) is 0.598. The monoisotopic (exact) mass is 372 g/mol. The minimum absolute atomic E-state index is 0.0816. The van der Waals surface area contributed by atoms with Gasteiger partial charge in [-0.25, -0.2) is 17.5 Å². The lowest BCUT2D eigenvalue weighted by molar-refractivity contribution is -0.125. The zero-order valence-corrected chi connectivity index (χ0v) is 14.5. The van der Waals surface area contributed by atoms with E-state index in [-0.39, 0.29) is 17.2 Å². The molecule has 7 nitrogen and oxygen atoms in total. The van der Waals surface area contributed by atoms with E-state index < -0.39 is 40.7 Å². The number of aliphatic hydroxyl groups is 1. The molecule has 1 aliphatic heterocycles. The van der Waals surface area contributed by atoms with E-state index in [4.69, 9.17) is 4.74 Å². The van der Waals surface area contributed by atoms with Crippen LogP contribution in [0.3, 0.4) is 0 Å². The lowest BCUT2D eigenvalue weighted by atomic mass is 10.1. The molecule has 0 bridgehead atoms. The van der Waals surface area contributed by atoms with Crippen LogP contribution in [0.4, 0.5) is 4.39 Å². The van der Waals surface area contributed by atoms with Gasteiger partial charge in [0.25, 0.3) is 0 Å². The number of aliphatic hydroxyl groups excluding tert-OH is 1. The van der Waals surface area contributed by atoms with Crippen LogP contribution in [0, 0.1) is 5.82 Å². The molecule has 0 fully saturated rings. The third-order valence-corrected chi connectivity index (χ3v) is 5.11. The molecule has 0 aliphatic carbocycles. The first-order valence-electron chi connectivity index (χ1n) is 7.85. The topological polar surface area (TPSA) is 105 Å². The molecule has 1 aliphatic rings. The molecule has 1 amide bonds. The van der Waals surface area contributed by atoms with Gasteiger partial charge in [0.15, 0.2) is 0 Å². The molecule has 0 aromatic heterocycles. The van der Waals surface area contributed by atoms with Crippen LogP contribution in [0.15, 0.2) is 41.3 Å². The number of hydrogen-bond acceptors (Lipinski definition) is 5. The van der Waals surface area contributed by atoms with E-state index in [0.29, 0.717) is 6.54 Å². The molecular weight excluding hydrogens is 351 g/mol. The summed E-state index contributed by atoms with van der Waals surface area (Å²) in [5, 5.41) is 12.1. The van der Waals surface area contributed by atoms with Crippen LogP contribution < -0.4 is 10.0 Å². The second-order valence-electron chi connectivity index (χ2n) is 5.54. The molecule has 1 aromatic rings. The lowest BCUT2D eigenvalue weighted by Gasteiger charge is -2.31. The highest BCUT2D eigenvalue weighted by atomic mass is 32.2. The summed E-state index contributed by atoms with van der Waals surface area (Å²) in [5.74, 6) is -0.736. The SMILES string of the molecule is CCNC(=O)C[C@H]1C=C[C@H](NS(=O)(=O)c2ccc(F)cc2)[C@@H](CO)O1. The Morgan fingerprint density at radius 3 is 2.56 bits per heavy atom. The average Bonchev–Trinajstić information content (AvgIpc) is 2.56. The maximum atomic E-state index is 12.9. The van der Waals surface area contributed by atoms with Crippen molar-refractivity contribution in [2.75, 3.05) is 13.2 Å². The largest absolute Gasteiger partial charge is 0.394 e. The van der Waals surface area contributed by atoms with Crippen molar-refractivity contribution in [2.45, 2.75) is 36.5 Å². The zero-order valence-electron chi connectivity index (χ0n) is 13.7. The second kappa shape index (κ2) is 8.52. The Bertz CT molecular complexity index is 721. The smallest absolute Gasteiger partial charge is 0.241 e. The third kappa shape index (κ3) is 5.33. The first kappa shape index (κ1) is 19.5. The molecule has 0 radical (unpaired) electrons. The van der Waals surface area contributed by atoms with E-state index in [9.17, 15) is 22.7 Å². The molecule has 138 valence electrons. The average molecular weight is 372 g/mol. The van der Waals surface area contributed by atoms with Gasteiger partial charge >= 0.3 is 0 Å². The number of rotatable bonds is 7. The van der Waals surface area contributed by atoms with Crippen LogP contribution in [0.1, 0.15) is 13.3 Å². The van der Waals surface area contributed by atoms with Gasteiger partial charge in [0.1, 0.15) is 11.9 Å². The summed E-state index contributed by atoms with van der Waals surface area (Å²) in [7, 11) is -3.91. The summed E-state index contributed by atoms with van der Waals surface area (Å²) in [6.07, 6.45) is 1.84. The Kier molecular flexibility index (Phi) is 6.65. The number of carbonyl (C=O) groups is 1. The first-order valence-corrected chi connectivity index (χ1v) is 9.33. The Morgan fingerprint density at radius 2 is 1.96 bits per heavy atom. The molecule has 0 saturated carbocycles. The maximum Gasteiger partial charge on any atom is 0.241 e. The Hall–Kier alpha value is -1.81. The summed E-state index contributed by atoms with van der Waals surface area (Å²) >= 11 is 0. The summed E-state index contributed by atoms with van der Waals surface area (Å²) in [6.45, 7) is 1.87. The van der Waals surface area contributed by atoms with E-state index in [1.807, 2.05) is 0 Å². The Balaban J connectivity index is 2.08. The van der Waals surface area contributed by atoms with Crippen LogP contribution in [0.25, 0.3) is 0 Å². The molecule has 2 rings (SSSR count). The van der Waals surface area contributed by atoms with Crippen molar-refractivity contribution in [3.8, 4) is 0 Å². The van der Waals surface area contributed by atoms with Crippen molar-refractivity contribution in [3.05, 3.63) is 42.2 Å². The summed E-state index contributed by atoms with van der Waals surface area (Å²) < 4.78 is 45.6. The van der Waals surface area contributed by atoms with Gasteiger partial charge in [-0.1, -0.05) is 12.2 Å². The van der Waals surface area contributed by atoms with Crippen LogP contribution in [-0.2, 0) is 19.6 Å². The van der Waals surface area contributed by atoms with Crippen molar-refractivity contribution >= 4 is 15.9 Å². The number of amides is 1. The van der Waals surface area contributed by atoms with Gasteiger partial charge in [-0.2, -0.15) is 0 Å². The summed E-state index contributed by atoms with van der Waals surface area (Å²) in [4.78, 5) is 11.5. The number of hydrogen-bond donors (Lipinski definition) is 3. The van der Waals surface area contributed by atoms with Gasteiger partial charge in [-0.05, 0) is 31.2 Å². The molecule has 1 aromatic carbocycles. The van der Waals surface area contributed by atoms with Gasteiger partial charge in [0.2, 0.25) is 15.9 Å².